The fraction of sp³-hybridized carbons (Fsp3) is 0.238. The first kappa shape index (κ1) is 19.4. The monoisotopic (exact) mass is 381 g/mol. The Morgan fingerprint density at radius 3 is 2.68 bits per heavy atom. The van der Waals surface area contributed by atoms with Gasteiger partial charge in [0.1, 0.15) is 12.4 Å². The summed E-state index contributed by atoms with van der Waals surface area (Å²) in [5.41, 5.74) is 3.50. The number of benzene rings is 2. The van der Waals surface area contributed by atoms with Gasteiger partial charge in [-0.15, -0.1) is 0 Å². The number of aromatic nitrogens is 2. The molecular formula is C21H23N3O4. The molecule has 0 unspecified atom stereocenters. The molecule has 0 radical (unpaired) electrons. The van der Waals surface area contributed by atoms with Crippen LogP contribution in [0.5, 0.6) is 5.75 Å². The van der Waals surface area contributed by atoms with E-state index in [0.717, 1.165) is 16.7 Å². The molecule has 0 aliphatic carbocycles. The fourth-order valence-electron chi connectivity index (χ4n) is 2.78. The van der Waals surface area contributed by atoms with Gasteiger partial charge in [0.05, 0.1) is 13.3 Å². The van der Waals surface area contributed by atoms with Gasteiger partial charge in [0.25, 0.3) is 0 Å². The molecular weight excluding hydrogens is 358 g/mol. The zero-order valence-corrected chi connectivity index (χ0v) is 15.7. The molecule has 28 heavy (non-hydrogen) atoms. The number of anilines is 1. The molecule has 0 aliphatic rings. The lowest BCUT2D eigenvalue weighted by molar-refractivity contribution is 0.146. The fourth-order valence-corrected chi connectivity index (χ4v) is 2.78. The highest BCUT2D eigenvalue weighted by atomic mass is 16.6. The number of carbonyl (C=O) groups excluding carboxylic acids is 1. The van der Waals surface area contributed by atoms with E-state index in [-0.39, 0.29) is 13.2 Å². The van der Waals surface area contributed by atoms with Gasteiger partial charge < -0.3 is 14.6 Å². The van der Waals surface area contributed by atoms with Crippen LogP contribution in [0.2, 0.25) is 0 Å². The maximum Gasteiger partial charge on any atom is 0.414 e. The van der Waals surface area contributed by atoms with E-state index in [9.17, 15) is 9.90 Å². The third-order valence-electron chi connectivity index (χ3n) is 4.27. The van der Waals surface area contributed by atoms with Gasteiger partial charge in [-0.25, -0.2) is 4.79 Å². The summed E-state index contributed by atoms with van der Waals surface area (Å²) in [5.74, 6) is 0.709. The molecule has 7 heteroatoms. The van der Waals surface area contributed by atoms with Gasteiger partial charge in [-0.3, -0.25) is 10.00 Å². The molecule has 3 rings (SSSR count). The first-order valence-electron chi connectivity index (χ1n) is 8.98. The summed E-state index contributed by atoms with van der Waals surface area (Å²) in [5, 5.41) is 15.9. The number of nitrogens with one attached hydrogen (secondary N) is 1. The van der Waals surface area contributed by atoms with Crippen molar-refractivity contribution in [2.45, 2.75) is 13.0 Å². The number of nitrogens with zero attached hydrogens (tertiary/aromatic N) is 2. The van der Waals surface area contributed by atoms with Crippen LogP contribution in [0.4, 0.5) is 10.5 Å². The first-order chi connectivity index (χ1) is 13.7. The minimum absolute atomic E-state index is 0.00718. The van der Waals surface area contributed by atoms with Crippen LogP contribution in [-0.4, -0.2) is 41.7 Å². The molecule has 0 saturated carbocycles. The van der Waals surface area contributed by atoms with Gasteiger partial charge in [-0.1, -0.05) is 24.3 Å². The SMILES string of the molecule is COc1cccc(COC(=O)N(CCCO)c2ccc(-c3cn[nH]c3)cc2)c1. The number of H-pyrrole nitrogens is 1. The summed E-state index contributed by atoms with van der Waals surface area (Å²) >= 11 is 0. The third-order valence-corrected chi connectivity index (χ3v) is 4.27. The average molecular weight is 381 g/mol. The molecule has 0 atom stereocenters. The normalized spacial score (nSPS) is 10.5. The van der Waals surface area contributed by atoms with Crippen LogP contribution in [0.25, 0.3) is 11.1 Å². The van der Waals surface area contributed by atoms with Crippen molar-refractivity contribution in [3.05, 3.63) is 66.5 Å². The summed E-state index contributed by atoms with van der Waals surface area (Å²) in [7, 11) is 1.59. The Hall–Kier alpha value is -3.32. The number of ether oxygens (including phenoxy) is 2. The second kappa shape index (κ2) is 9.57. The van der Waals surface area contributed by atoms with Crippen LogP contribution in [0, 0.1) is 0 Å². The van der Waals surface area contributed by atoms with E-state index in [0.29, 0.717) is 24.4 Å². The van der Waals surface area contributed by atoms with E-state index in [4.69, 9.17) is 9.47 Å². The molecule has 0 saturated heterocycles. The molecule has 0 bridgehead atoms. The van der Waals surface area contributed by atoms with Crippen molar-refractivity contribution in [1.82, 2.24) is 10.2 Å². The third kappa shape index (κ3) is 4.89. The number of hydrogen-bond donors (Lipinski definition) is 2. The molecule has 146 valence electrons. The van der Waals surface area contributed by atoms with Crippen molar-refractivity contribution in [2.75, 3.05) is 25.2 Å². The van der Waals surface area contributed by atoms with Gasteiger partial charge in [-0.2, -0.15) is 5.10 Å². The second-order valence-electron chi connectivity index (χ2n) is 6.17. The molecule has 0 spiro atoms. The Morgan fingerprint density at radius 2 is 2.00 bits per heavy atom. The number of hydrogen-bond acceptors (Lipinski definition) is 5. The van der Waals surface area contributed by atoms with E-state index in [1.807, 2.05) is 48.5 Å². The van der Waals surface area contributed by atoms with Crippen LogP contribution >= 0.6 is 0 Å². The highest BCUT2D eigenvalue weighted by molar-refractivity contribution is 5.88. The van der Waals surface area contributed by atoms with Crippen LogP contribution in [-0.2, 0) is 11.3 Å². The van der Waals surface area contributed by atoms with E-state index in [1.54, 1.807) is 19.5 Å². The molecule has 3 aromatic rings. The van der Waals surface area contributed by atoms with Gasteiger partial charge in [0, 0.05) is 30.6 Å². The van der Waals surface area contributed by atoms with E-state index in [2.05, 4.69) is 10.2 Å². The van der Waals surface area contributed by atoms with Crippen molar-refractivity contribution >= 4 is 11.8 Å². The van der Waals surface area contributed by atoms with Crippen LogP contribution in [0.3, 0.4) is 0 Å². The van der Waals surface area contributed by atoms with Gasteiger partial charge in [0.15, 0.2) is 0 Å². The van der Waals surface area contributed by atoms with Crippen LogP contribution < -0.4 is 9.64 Å². The lowest BCUT2D eigenvalue weighted by atomic mass is 10.1. The van der Waals surface area contributed by atoms with Gasteiger partial charge in [0.2, 0.25) is 0 Å². The van der Waals surface area contributed by atoms with Crippen molar-refractivity contribution in [3.63, 3.8) is 0 Å². The Labute approximate surface area is 163 Å². The van der Waals surface area contributed by atoms with E-state index in [1.165, 1.54) is 4.90 Å². The zero-order chi connectivity index (χ0) is 19.8. The number of rotatable bonds is 8. The van der Waals surface area contributed by atoms with Crippen molar-refractivity contribution < 1.29 is 19.4 Å². The Bertz CT molecular complexity index is 879. The Balaban J connectivity index is 1.70. The number of methoxy groups -OCH3 is 1. The van der Waals surface area contributed by atoms with E-state index >= 15 is 0 Å². The minimum atomic E-state index is -0.465. The molecule has 1 aromatic heterocycles. The molecule has 1 amide bonds. The van der Waals surface area contributed by atoms with Gasteiger partial charge >= 0.3 is 6.09 Å². The second-order valence-corrected chi connectivity index (χ2v) is 6.17. The predicted octanol–water partition coefficient (Wildman–Crippen LogP) is 3.61. The first-order valence-corrected chi connectivity index (χ1v) is 8.98. The number of carbonyl (C=O) groups is 1. The summed E-state index contributed by atoms with van der Waals surface area (Å²) in [6.07, 6.45) is 3.53. The number of aliphatic hydroxyl groups excluding tert-OH is 1. The summed E-state index contributed by atoms with van der Waals surface area (Å²) in [4.78, 5) is 14.2. The average Bonchev–Trinajstić information content (AvgIpc) is 3.28. The van der Waals surface area contributed by atoms with Gasteiger partial charge in [-0.05, 0) is 41.8 Å². The maximum atomic E-state index is 12.7. The summed E-state index contributed by atoms with van der Waals surface area (Å²) < 4.78 is 10.7. The molecule has 0 fully saturated rings. The molecule has 1 heterocycles. The van der Waals surface area contributed by atoms with Crippen molar-refractivity contribution in [1.29, 1.82) is 0 Å². The van der Waals surface area contributed by atoms with Crippen LogP contribution in [0.15, 0.2) is 60.9 Å². The highest BCUT2D eigenvalue weighted by Crippen LogP contribution is 2.23. The Morgan fingerprint density at radius 1 is 1.18 bits per heavy atom. The van der Waals surface area contributed by atoms with E-state index < -0.39 is 6.09 Å². The summed E-state index contributed by atoms with van der Waals surface area (Å²) in [6.45, 7) is 0.490. The largest absolute Gasteiger partial charge is 0.497 e. The summed E-state index contributed by atoms with van der Waals surface area (Å²) in [6, 6.07) is 14.9. The van der Waals surface area contributed by atoms with Crippen LogP contribution in [0.1, 0.15) is 12.0 Å². The lowest BCUT2D eigenvalue weighted by Crippen LogP contribution is -2.32. The van der Waals surface area contributed by atoms with Crippen molar-refractivity contribution in [3.8, 4) is 16.9 Å². The number of aromatic amines is 1. The molecule has 2 N–H and O–H groups in total. The number of amides is 1. The lowest BCUT2D eigenvalue weighted by Gasteiger charge is -2.22. The topological polar surface area (TPSA) is 87.7 Å². The Kier molecular flexibility index (Phi) is 6.64. The standard InChI is InChI=1S/C21H23N3O4/c1-27-20-5-2-4-16(12-20)15-28-21(26)24(10-3-11-25)19-8-6-17(7-9-19)18-13-22-23-14-18/h2,4-9,12-14,25H,3,10-11,15H2,1H3,(H,22,23). The minimum Gasteiger partial charge on any atom is -0.497 e. The predicted molar refractivity (Wildman–Crippen MR) is 106 cm³/mol. The smallest absolute Gasteiger partial charge is 0.414 e. The molecule has 2 aromatic carbocycles. The quantitative estimate of drug-likeness (QED) is 0.622. The molecule has 0 aliphatic heterocycles. The van der Waals surface area contributed by atoms with Crippen molar-refractivity contribution in [2.24, 2.45) is 0 Å². The highest BCUT2D eigenvalue weighted by Gasteiger charge is 2.17. The molecule has 7 nitrogen and oxygen atoms in total. The maximum absolute atomic E-state index is 12.7. The number of aliphatic hydroxyl groups is 1. The zero-order valence-electron chi connectivity index (χ0n) is 15.7.